The first-order valence-corrected chi connectivity index (χ1v) is 26.5. The number of carbonyl (C=O) groups excluding carboxylic acids is 4. The maximum Gasteiger partial charge on any atom is 0.469 e. The first-order chi connectivity index (χ1) is 29.5. The molecule has 0 radical (unpaired) electrons. The molecule has 61 heavy (non-hydrogen) atoms. The normalized spacial score (nSPS) is 12.5. The van der Waals surface area contributed by atoms with Gasteiger partial charge in [0.15, 0.2) is 0 Å². The van der Waals surface area contributed by atoms with E-state index >= 15 is 0 Å². The van der Waals surface area contributed by atoms with E-state index in [1.165, 1.54) is 122 Å². The van der Waals surface area contributed by atoms with Crippen molar-refractivity contribution < 1.29 is 42.8 Å². The van der Waals surface area contributed by atoms with Gasteiger partial charge in [-0.15, -0.1) is 0 Å². The van der Waals surface area contributed by atoms with Crippen LogP contribution in [0.1, 0.15) is 239 Å². The van der Waals surface area contributed by atoms with Crippen molar-refractivity contribution in [1.29, 1.82) is 0 Å². The molecule has 0 heterocycles. The molecule has 0 aromatic carbocycles. The summed E-state index contributed by atoms with van der Waals surface area (Å²) < 4.78 is 21.4. The Balaban J connectivity index is 4.78. The molecule has 0 saturated heterocycles. The third-order valence-corrected chi connectivity index (χ3v) is 11.8. The van der Waals surface area contributed by atoms with E-state index in [4.69, 9.17) is 20.3 Å². The third kappa shape index (κ3) is 43.0. The van der Waals surface area contributed by atoms with Crippen molar-refractivity contribution in [2.75, 3.05) is 26.3 Å². The number of unbranched alkanes of at least 4 members (excludes halogenated alkanes) is 26. The lowest BCUT2D eigenvalue weighted by Gasteiger charge is -2.21. The second-order valence-corrected chi connectivity index (χ2v) is 18.4. The van der Waals surface area contributed by atoms with Crippen LogP contribution in [0.25, 0.3) is 0 Å². The zero-order valence-electron chi connectivity index (χ0n) is 39.0. The maximum atomic E-state index is 13.2. The molecule has 0 aliphatic heterocycles. The molecule has 14 heteroatoms. The predicted octanol–water partition coefficient (Wildman–Crippen LogP) is 10.4. The first kappa shape index (κ1) is 58.9. The summed E-state index contributed by atoms with van der Waals surface area (Å²) >= 11 is 0. The van der Waals surface area contributed by atoms with Crippen LogP contribution in [0.15, 0.2) is 0 Å². The second-order valence-electron chi connectivity index (χ2n) is 17.2. The van der Waals surface area contributed by atoms with Crippen LogP contribution in [0.2, 0.25) is 0 Å². The fourth-order valence-electron chi connectivity index (χ4n) is 7.47. The van der Waals surface area contributed by atoms with Crippen molar-refractivity contribution in [3.05, 3.63) is 0 Å². The van der Waals surface area contributed by atoms with Gasteiger partial charge in [-0.2, -0.15) is 0 Å². The third-order valence-electron chi connectivity index (χ3n) is 11.3. The molecule has 0 aromatic rings. The van der Waals surface area contributed by atoms with Gasteiger partial charge < -0.3 is 36.2 Å². The number of phosphoric ester groups is 1. The Bertz CT molecular complexity index is 1110. The molecule has 0 rings (SSSR count). The zero-order chi connectivity index (χ0) is 45.1. The largest absolute Gasteiger partial charge is 0.469 e. The zero-order valence-corrected chi connectivity index (χ0v) is 39.9. The molecular weight excluding hydrogens is 796 g/mol. The van der Waals surface area contributed by atoms with Crippen molar-refractivity contribution in [2.24, 2.45) is 5.73 Å². The summed E-state index contributed by atoms with van der Waals surface area (Å²) in [5.41, 5.74) is 5.56. The quantitative estimate of drug-likeness (QED) is 0.0194. The molecule has 0 aliphatic rings. The summed E-state index contributed by atoms with van der Waals surface area (Å²) in [5.74, 6) is -1.20. The number of amides is 3. The van der Waals surface area contributed by atoms with E-state index in [9.17, 15) is 23.7 Å². The number of ether oxygens (including phenoxy) is 1. The molecule has 3 amide bonds. The van der Waals surface area contributed by atoms with Gasteiger partial charge in [0.05, 0.1) is 12.6 Å². The number of hydrogen-bond donors (Lipinski definition) is 6. The Kier molecular flexibility index (Phi) is 41.8. The Morgan fingerprint density at radius 2 is 0.951 bits per heavy atom. The minimum Gasteiger partial charge on any atom is -0.463 e. The molecule has 7 N–H and O–H groups in total. The van der Waals surface area contributed by atoms with Crippen molar-refractivity contribution in [2.45, 2.75) is 251 Å². The summed E-state index contributed by atoms with van der Waals surface area (Å²) in [6, 6.07) is -1.45. The first-order valence-electron chi connectivity index (χ1n) is 24.9. The van der Waals surface area contributed by atoms with Gasteiger partial charge in [0.1, 0.15) is 12.6 Å². The van der Waals surface area contributed by atoms with Crippen LogP contribution in [0.5, 0.6) is 0 Å². The van der Waals surface area contributed by atoms with Crippen LogP contribution in [0.4, 0.5) is 0 Å². The SMILES string of the molecule is CCCCCCCCCCCCCCCC(=O)N[C@H](CCCNC(=O)[C@H](CCOP(=O)(O)O)NC(=O)CCCCCCCCCCCCCCC)COC(=O)CCCCCN. The molecule has 360 valence electrons. The van der Waals surface area contributed by atoms with Crippen LogP contribution in [0.3, 0.4) is 0 Å². The number of esters is 1. The lowest BCUT2D eigenvalue weighted by Crippen LogP contribution is -2.47. The summed E-state index contributed by atoms with van der Waals surface area (Å²) in [4.78, 5) is 69.6. The fourth-order valence-corrected chi connectivity index (χ4v) is 7.81. The molecule has 0 aromatic heterocycles. The highest BCUT2D eigenvalue weighted by Gasteiger charge is 2.23. The highest BCUT2D eigenvalue weighted by molar-refractivity contribution is 7.46. The van der Waals surface area contributed by atoms with Crippen molar-refractivity contribution >= 4 is 31.5 Å². The van der Waals surface area contributed by atoms with Crippen molar-refractivity contribution in [3.63, 3.8) is 0 Å². The minimum absolute atomic E-state index is 0.0333. The van der Waals surface area contributed by atoms with Crippen molar-refractivity contribution in [1.82, 2.24) is 16.0 Å². The number of rotatable bonds is 46. The van der Waals surface area contributed by atoms with Gasteiger partial charge in [0.2, 0.25) is 17.7 Å². The Labute approximate surface area is 372 Å². The smallest absolute Gasteiger partial charge is 0.463 e. The maximum absolute atomic E-state index is 13.2. The van der Waals surface area contributed by atoms with Crippen LogP contribution >= 0.6 is 7.82 Å². The highest BCUT2D eigenvalue weighted by atomic mass is 31.2. The fraction of sp³-hybridized carbons (Fsp3) is 0.915. The molecule has 2 atom stereocenters. The minimum atomic E-state index is -4.74. The summed E-state index contributed by atoms with van der Waals surface area (Å²) in [7, 11) is -4.74. The summed E-state index contributed by atoms with van der Waals surface area (Å²) in [6.45, 7) is 4.90. The van der Waals surface area contributed by atoms with Gasteiger partial charge in [-0.25, -0.2) is 4.57 Å². The number of nitrogens with two attached hydrogens (primary N) is 1. The lowest BCUT2D eigenvalue weighted by molar-refractivity contribution is -0.145. The van der Waals surface area contributed by atoms with Gasteiger partial charge in [-0.05, 0) is 45.1 Å². The summed E-state index contributed by atoms with van der Waals surface area (Å²) in [5, 5.41) is 8.57. The number of nitrogens with one attached hydrogen (secondary N) is 3. The number of phosphoric acid groups is 1. The van der Waals surface area contributed by atoms with E-state index in [-0.39, 0.29) is 50.2 Å². The van der Waals surface area contributed by atoms with E-state index in [0.717, 1.165) is 51.4 Å². The topological polar surface area (TPSA) is 206 Å². The van der Waals surface area contributed by atoms with Gasteiger partial charge in [-0.3, -0.25) is 23.7 Å². The van der Waals surface area contributed by atoms with Crippen LogP contribution in [0, 0.1) is 0 Å². The van der Waals surface area contributed by atoms with E-state index in [1.54, 1.807) is 0 Å². The van der Waals surface area contributed by atoms with Crippen LogP contribution in [-0.2, 0) is 33.0 Å². The Morgan fingerprint density at radius 1 is 0.541 bits per heavy atom. The Morgan fingerprint density at radius 3 is 1.39 bits per heavy atom. The van der Waals surface area contributed by atoms with Gasteiger partial charge in [0.25, 0.3) is 0 Å². The van der Waals surface area contributed by atoms with Gasteiger partial charge in [0, 0.05) is 32.2 Å². The molecule has 0 bridgehead atoms. The highest BCUT2D eigenvalue weighted by Crippen LogP contribution is 2.35. The average Bonchev–Trinajstić information content (AvgIpc) is 3.22. The molecule has 0 aliphatic carbocycles. The summed E-state index contributed by atoms with van der Waals surface area (Å²) in [6.07, 6.45) is 35.5. The lowest BCUT2D eigenvalue weighted by atomic mass is 10.0. The van der Waals surface area contributed by atoms with Gasteiger partial charge >= 0.3 is 13.8 Å². The molecule has 0 fully saturated rings. The van der Waals surface area contributed by atoms with Gasteiger partial charge in [-0.1, -0.05) is 174 Å². The molecule has 0 unspecified atom stereocenters. The van der Waals surface area contributed by atoms with Crippen LogP contribution in [-0.4, -0.2) is 71.9 Å². The van der Waals surface area contributed by atoms with E-state index in [0.29, 0.717) is 38.6 Å². The number of carbonyl (C=O) groups is 4. The average molecular weight is 889 g/mol. The van der Waals surface area contributed by atoms with E-state index in [1.807, 2.05) is 0 Å². The molecule has 0 spiro atoms. The Hall–Kier alpha value is -2.05. The molecular formula is C47H93N4O9P. The van der Waals surface area contributed by atoms with E-state index < -0.39 is 32.4 Å². The molecule has 13 nitrogen and oxygen atoms in total. The van der Waals surface area contributed by atoms with Crippen LogP contribution < -0.4 is 21.7 Å². The molecule has 0 saturated carbocycles. The monoisotopic (exact) mass is 889 g/mol. The second kappa shape index (κ2) is 43.2. The predicted molar refractivity (Wildman–Crippen MR) is 248 cm³/mol. The van der Waals surface area contributed by atoms with E-state index in [2.05, 4.69) is 34.3 Å². The van der Waals surface area contributed by atoms with Crippen molar-refractivity contribution in [3.8, 4) is 0 Å². The standard InChI is InChI=1S/C47H93N4O9P/c1-3-5-7-9-11-13-15-17-19-21-23-25-28-34-44(52)50-42(41-59-46(54)36-30-27-31-38-48)33-32-39-49-47(55)43(37-40-60-61(56,57)58)51-45(53)35-29-26-24-22-20-18-16-14-12-10-8-6-4-2/h42-43H,3-41,48H2,1-2H3,(H,49,55)(H,50,52)(H,51,53)(H2,56,57,58)/t42-,43+/m1/s1. The number of hydrogen-bond acceptors (Lipinski definition) is 8.